The first-order valence-electron chi connectivity index (χ1n) is 6.96. The van der Waals surface area contributed by atoms with E-state index in [2.05, 4.69) is 12.1 Å². The van der Waals surface area contributed by atoms with Crippen molar-refractivity contribution in [1.82, 2.24) is 0 Å². The summed E-state index contributed by atoms with van der Waals surface area (Å²) < 4.78 is 22.6. The molecule has 3 rings (SSSR count). The minimum Gasteiger partial charge on any atom is -0.225 e. The van der Waals surface area contributed by atoms with E-state index in [0.717, 1.165) is 24.8 Å². The van der Waals surface area contributed by atoms with Gasteiger partial charge in [0.1, 0.15) is 0 Å². The average Bonchev–Trinajstić information content (AvgIpc) is 2.97. The monoisotopic (exact) mass is 299 g/mol. The summed E-state index contributed by atoms with van der Waals surface area (Å²) in [6, 6.07) is 17.2. The lowest BCUT2D eigenvalue weighted by Gasteiger charge is -2.09. The van der Waals surface area contributed by atoms with Crippen LogP contribution in [0.4, 0.5) is 0 Å². The molecule has 2 aromatic rings. The van der Waals surface area contributed by atoms with Gasteiger partial charge in [-0.3, -0.25) is 0 Å². The summed E-state index contributed by atoms with van der Waals surface area (Å²) in [7, 11) is -3.62. The number of hydrogen-bond donors (Lipinski definition) is 1. The lowest BCUT2D eigenvalue weighted by Crippen LogP contribution is -2.11. The highest BCUT2D eigenvalue weighted by Crippen LogP contribution is 2.39. The molecule has 4 heteroatoms. The van der Waals surface area contributed by atoms with Crippen molar-refractivity contribution in [3.8, 4) is 0 Å². The summed E-state index contributed by atoms with van der Waals surface area (Å²) in [5, 5.41) is 5.14. The molecular formula is C17H17NO2S. The van der Waals surface area contributed by atoms with Crippen LogP contribution in [0.25, 0.3) is 11.1 Å². The van der Waals surface area contributed by atoms with Gasteiger partial charge in [0, 0.05) is 0 Å². The third-order valence-electron chi connectivity index (χ3n) is 3.87. The van der Waals surface area contributed by atoms with Crippen molar-refractivity contribution in [2.24, 2.45) is 5.14 Å². The Bertz CT molecular complexity index is 775. The molecule has 0 spiro atoms. The van der Waals surface area contributed by atoms with Gasteiger partial charge in [0.15, 0.2) is 0 Å². The molecule has 0 heterocycles. The first kappa shape index (κ1) is 14.0. The summed E-state index contributed by atoms with van der Waals surface area (Å²) in [6.07, 6.45) is 3.23. The van der Waals surface area contributed by atoms with Gasteiger partial charge in [-0.05, 0) is 53.7 Å². The number of nitrogens with two attached hydrogens (primary N) is 1. The van der Waals surface area contributed by atoms with Crippen molar-refractivity contribution in [3.05, 3.63) is 65.7 Å². The second-order valence-corrected chi connectivity index (χ2v) is 6.81. The molecule has 2 N–H and O–H groups in total. The van der Waals surface area contributed by atoms with E-state index in [1.165, 1.54) is 16.7 Å². The van der Waals surface area contributed by atoms with Gasteiger partial charge in [-0.1, -0.05) is 42.5 Å². The van der Waals surface area contributed by atoms with E-state index in [-0.39, 0.29) is 4.90 Å². The number of hydrogen-bond acceptors (Lipinski definition) is 2. The fourth-order valence-corrected chi connectivity index (χ4v) is 3.38. The number of rotatable bonds is 3. The van der Waals surface area contributed by atoms with Crippen molar-refractivity contribution < 1.29 is 8.42 Å². The van der Waals surface area contributed by atoms with Crippen molar-refractivity contribution in [2.75, 3.05) is 0 Å². The quantitative estimate of drug-likeness (QED) is 0.944. The van der Waals surface area contributed by atoms with Crippen LogP contribution in [-0.2, 0) is 10.0 Å². The zero-order chi connectivity index (χ0) is 14.9. The molecule has 3 nitrogen and oxygen atoms in total. The molecule has 0 bridgehead atoms. The molecule has 0 atom stereocenters. The standard InChI is InChI=1S/C17H17NO2S/c18-21(19,20)15-11-9-14(10-12-15)17-8-4-7-16(17)13-5-2-1-3-6-13/h1-3,5-6,9-12H,4,7-8H2,(H2,18,19,20). The molecular weight excluding hydrogens is 282 g/mol. The van der Waals surface area contributed by atoms with Crippen LogP contribution in [0.3, 0.4) is 0 Å². The van der Waals surface area contributed by atoms with Gasteiger partial charge in [0.2, 0.25) is 10.0 Å². The second kappa shape index (κ2) is 5.47. The van der Waals surface area contributed by atoms with Crippen molar-refractivity contribution in [3.63, 3.8) is 0 Å². The normalized spacial score (nSPS) is 15.5. The van der Waals surface area contributed by atoms with Crippen molar-refractivity contribution >= 4 is 21.2 Å². The molecule has 108 valence electrons. The lowest BCUT2D eigenvalue weighted by molar-refractivity contribution is 0.598. The van der Waals surface area contributed by atoms with Crippen molar-refractivity contribution in [1.29, 1.82) is 0 Å². The molecule has 0 aliphatic heterocycles. The summed E-state index contributed by atoms with van der Waals surface area (Å²) >= 11 is 0. The Hall–Kier alpha value is -1.91. The predicted molar refractivity (Wildman–Crippen MR) is 84.9 cm³/mol. The highest BCUT2D eigenvalue weighted by atomic mass is 32.2. The zero-order valence-corrected chi connectivity index (χ0v) is 12.4. The van der Waals surface area contributed by atoms with Crippen LogP contribution >= 0.6 is 0 Å². The lowest BCUT2D eigenvalue weighted by atomic mass is 9.97. The Labute approximate surface area is 125 Å². The number of benzene rings is 2. The van der Waals surface area contributed by atoms with Gasteiger partial charge < -0.3 is 0 Å². The van der Waals surface area contributed by atoms with Crippen LogP contribution in [0.5, 0.6) is 0 Å². The maximum Gasteiger partial charge on any atom is 0.238 e. The van der Waals surface area contributed by atoms with Gasteiger partial charge in [0.05, 0.1) is 4.90 Å². The topological polar surface area (TPSA) is 60.2 Å². The van der Waals surface area contributed by atoms with Gasteiger partial charge in [-0.15, -0.1) is 0 Å². The number of allylic oxidation sites excluding steroid dienone is 2. The van der Waals surface area contributed by atoms with Gasteiger partial charge in [-0.2, -0.15) is 0 Å². The van der Waals surface area contributed by atoms with Gasteiger partial charge in [-0.25, -0.2) is 13.6 Å². The fourth-order valence-electron chi connectivity index (χ4n) is 2.87. The molecule has 21 heavy (non-hydrogen) atoms. The molecule has 1 aliphatic rings. The Morgan fingerprint density at radius 2 is 1.29 bits per heavy atom. The van der Waals surface area contributed by atoms with E-state index in [1.54, 1.807) is 12.1 Å². The largest absolute Gasteiger partial charge is 0.238 e. The van der Waals surface area contributed by atoms with E-state index in [0.29, 0.717) is 0 Å². The molecule has 0 saturated carbocycles. The molecule has 0 aromatic heterocycles. The predicted octanol–water partition coefficient (Wildman–Crippen LogP) is 3.43. The summed E-state index contributed by atoms with van der Waals surface area (Å²) in [5.41, 5.74) is 5.00. The van der Waals surface area contributed by atoms with Crippen LogP contribution in [-0.4, -0.2) is 8.42 Å². The average molecular weight is 299 g/mol. The maximum absolute atomic E-state index is 11.3. The van der Waals surface area contributed by atoms with Crippen LogP contribution in [0.2, 0.25) is 0 Å². The number of primary sulfonamides is 1. The molecule has 0 fully saturated rings. The van der Waals surface area contributed by atoms with E-state index in [1.807, 2.05) is 30.3 Å². The van der Waals surface area contributed by atoms with Crippen molar-refractivity contribution in [2.45, 2.75) is 24.2 Å². The van der Waals surface area contributed by atoms with E-state index in [9.17, 15) is 8.42 Å². The molecule has 0 radical (unpaired) electrons. The van der Waals surface area contributed by atoms with E-state index >= 15 is 0 Å². The Balaban J connectivity index is 2.03. The molecule has 1 aliphatic carbocycles. The highest BCUT2D eigenvalue weighted by Gasteiger charge is 2.18. The number of sulfonamides is 1. The third-order valence-corrected chi connectivity index (χ3v) is 4.80. The Morgan fingerprint density at radius 1 is 0.762 bits per heavy atom. The molecule has 0 amide bonds. The minimum absolute atomic E-state index is 0.158. The van der Waals surface area contributed by atoms with Gasteiger partial charge >= 0.3 is 0 Å². The van der Waals surface area contributed by atoms with Crippen LogP contribution < -0.4 is 5.14 Å². The summed E-state index contributed by atoms with van der Waals surface area (Å²) in [6.45, 7) is 0. The third kappa shape index (κ3) is 2.91. The SMILES string of the molecule is NS(=O)(=O)c1ccc(C2=C(c3ccccc3)CCC2)cc1. The first-order valence-corrected chi connectivity index (χ1v) is 8.51. The highest BCUT2D eigenvalue weighted by molar-refractivity contribution is 7.89. The van der Waals surface area contributed by atoms with Crippen LogP contribution in [0.1, 0.15) is 30.4 Å². The molecule has 2 aromatic carbocycles. The maximum atomic E-state index is 11.3. The zero-order valence-electron chi connectivity index (χ0n) is 11.6. The minimum atomic E-state index is -3.62. The Morgan fingerprint density at radius 3 is 1.81 bits per heavy atom. The summed E-state index contributed by atoms with van der Waals surface area (Å²) in [5.74, 6) is 0. The smallest absolute Gasteiger partial charge is 0.225 e. The van der Waals surface area contributed by atoms with E-state index in [4.69, 9.17) is 5.14 Å². The van der Waals surface area contributed by atoms with E-state index < -0.39 is 10.0 Å². The summed E-state index contributed by atoms with van der Waals surface area (Å²) in [4.78, 5) is 0.158. The van der Waals surface area contributed by atoms with Crippen LogP contribution in [0.15, 0.2) is 59.5 Å². The molecule has 0 saturated heterocycles. The fraction of sp³-hybridized carbons (Fsp3) is 0.176. The Kier molecular flexibility index (Phi) is 3.66. The van der Waals surface area contributed by atoms with Gasteiger partial charge in [0.25, 0.3) is 0 Å². The second-order valence-electron chi connectivity index (χ2n) is 5.25. The molecule has 0 unspecified atom stereocenters. The van der Waals surface area contributed by atoms with Crippen LogP contribution in [0, 0.1) is 0 Å². The first-order chi connectivity index (χ1) is 10.1.